The molecule has 3 rings (SSSR count). The largest absolute Gasteiger partial charge is 0.398 e. The fourth-order valence-corrected chi connectivity index (χ4v) is 2.70. The summed E-state index contributed by atoms with van der Waals surface area (Å²) in [5.74, 6) is -1.79. The molecule has 102 valence electrons. The van der Waals surface area contributed by atoms with Gasteiger partial charge >= 0.3 is 0 Å². The van der Waals surface area contributed by atoms with E-state index in [4.69, 9.17) is 5.73 Å². The van der Waals surface area contributed by atoms with Crippen molar-refractivity contribution in [2.75, 3.05) is 12.3 Å². The first-order chi connectivity index (χ1) is 9.02. The summed E-state index contributed by atoms with van der Waals surface area (Å²) in [6.45, 7) is 0.606. The summed E-state index contributed by atoms with van der Waals surface area (Å²) in [5, 5.41) is 2.80. The van der Waals surface area contributed by atoms with Crippen molar-refractivity contribution in [2.24, 2.45) is 11.3 Å². The number of halogens is 2. The molecular formula is C14H16F2N2O. The first kappa shape index (κ1) is 12.4. The topological polar surface area (TPSA) is 55.1 Å². The molecule has 2 aliphatic carbocycles. The van der Waals surface area contributed by atoms with Crippen molar-refractivity contribution in [3.63, 3.8) is 0 Å². The zero-order valence-corrected chi connectivity index (χ0v) is 10.5. The highest BCUT2D eigenvalue weighted by Crippen LogP contribution is 2.60. The van der Waals surface area contributed by atoms with Crippen LogP contribution in [0.3, 0.4) is 0 Å². The third-order valence-electron chi connectivity index (χ3n) is 4.27. The van der Waals surface area contributed by atoms with E-state index >= 15 is 0 Å². The molecule has 3 nitrogen and oxygen atoms in total. The zero-order chi connectivity index (χ0) is 13.6. The second-order valence-corrected chi connectivity index (χ2v) is 5.67. The quantitative estimate of drug-likeness (QED) is 0.822. The van der Waals surface area contributed by atoms with Crippen molar-refractivity contribution in [2.45, 2.75) is 25.7 Å². The van der Waals surface area contributed by atoms with Gasteiger partial charge < -0.3 is 11.1 Å². The first-order valence-corrected chi connectivity index (χ1v) is 6.54. The molecule has 2 aliphatic rings. The standard InChI is InChI=1S/C14H16F2N2O/c15-10-5-9(12(17)6-11(10)16)13(19)18-7-14(3-4-14)8-1-2-8/h5-6,8H,1-4,7,17H2,(H,18,19). The maximum absolute atomic E-state index is 13.1. The van der Waals surface area contributed by atoms with Crippen LogP contribution in [-0.4, -0.2) is 12.5 Å². The molecule has 3 N–H and O–H groups in total. The smallest absolute Gasteiger partial charge is 0.253 e. The van der Waals surface area contributed by atoms with E-state index in [-0.39, 0.29) is 16.7 Å². The highest BCUT2D eigenvalue weighted by atomic mass is 19.2. The van der Waals surface area contributed by atoms with Gasteiger partial charge in [-0.25, -0.2) is 8.78 Å². The van der Waals surface area contributed by atoms with Crippen molar-refractivity contribution in [3.05, 3.63) is 29.3 Å². The molecule has 0 spiro atoms. The second kappa shape index (κ2) is 4.18. The molecule has 0 unspecified atom stereocenters. The van der Waals surface area contributed by atoms with Gasteiger partial charge in [-0.05, 0) is 43.1 Å². The van der Waals surface area contributed by atoms with Crippen molar-refractivity contribution in [1.82, 2.24) is 5.32 Å². The van der Waals surface area contributed by atoms with Crippen molar-refractivity contribution in [3.8, 4) is 0 Å². The molecule has 2 saturated carbocycles. The molecule has 1 aromatic carbocycles. The molecule has 2 fully saturated rings. The summed E-state index contributed by atoms with van der Waals surface area (Å²) in [6, 6.07) is 1.70. The number of carbonyl (C=O) groups excluding carboxylic acids is 1. The Balaban J connectivity index is 1.68. The van der Waals surface area contributed by atoms with E-state index in [1.54, 1.807) is 0 Å². The number of amides is 1. The molecule has 5 heteroatoms. The fourth-order valence-electron chi connectivity index (χ4n) is 2.70. The number of benzene rings is 1. The van der Waals surface area contributed by atoms with Crippen molar-refractivity contribution < 1.29 is 13.6 Å². The lowest BCUT2D eigenvalue weighted by atomic mass is 10.0. The maximum atomic E-state index is 13.1. The lowest BCUT2D eigenvalue weighted by Crippen LogP contribution is -2.31. The van der Waals surface area contributed by atoms with Gasteiger partial charge in [-0.15, -0.1) is 0 Å². The first-order valence-electron chi connectivity index (χ1n) is 6.54. The third-order valence-corrected chi connectivity index (χ3v) is 4.27. The van der Waals surface area contributed by atoms with Crippen LogP contribution in [0.1, 0.15) is 36.0 Å². The van der Waals surface area contributed by atoms with E-state index in [1.165, 1.54) is 12.8 Å². The van der Waals surface area contributed by atoms with Crippen LogP contribution in [0.4, 0.5) is 14.5 Å². The molecule has 0 aromatic heterocycles. The molecular weight excluding hydrogens is 250 g/mol. The predicted octanol–water partition coefficient (Wildman–Crippen LogP) is 2.47. The number of nitrogens with one attached hydrogen (secondary N) is 1. The molecule has 1 amide bonds. The van der Waals surface area contributed by atoms with Crippen LogP contribution in [0.15, 0.2) is 12.1 Å². The van der Waals surface area contributed by atoms with Crippen molar-refractivity contribution >= 4 is 11.6 Å². The van der Waals surface area contributed by atoms with Crippen LogP contribution in [0.5, 0.6) is 0 Å². The Morgan fingerprint density at radius 3 is 2.53 bits per heavy atom. The van der Waals surface area contributed by atoms with E-state index < -0.39 is 17.5 Å². The number of rotatable bonds is 4. The van der Waals surface area contributed by atoms with Gasteiger partial charge in [-0.2, -0.15) is 0 Å². The summed E-state index contributed by atoms with van der Waals surface area (Å²) in [5.41, 5.74) is 5.79. The van der Waals surface area contributed by atoms with E-state index in [9.17, 15) is 13.6 Å². The number of nitrogen functional groups attached to an aromatic ring is 1. The van der Waals surface area contributed by atoms with E-state index in [0.29, 0.717) is 6.54 Å². The lowest BCUT2D eigenvalue weighted by molar-refractivity contribution is 0.0943. The second-order valence-electron chi connectivity index (χ2n) is 5.67. The zero-order valence-electron chi connectivity index (χ0n) is 10.5. The molecule has 0 atom stereocenters. The van der Waals surface area contributed by atoms with Gasteiger partial charge in [-0.1, -0.05) is 0 Å². The van der Waals surface area contributed by atoms with Crippen molar-refractivity contribution in [1.29, 1.82) is 0 Å². The van der Waals surface area contributed by atoms with Gasteiger partial charge in [0.15, 0.2) is 11.6 Å². The van der Waals surface area contributed by atoms with Gasteiger partial charge in [0.2, 0.25) is 0 Å². The number of nitrogens with two attached hydrogens (primary N) is 1. The van der Waals surface area contributed by atoms with E-state index in [1.807, 2.05) is 0 Å². The summed E-state index contributed by atoms with van der Waals surface area (Å²) in [6.07, 6.45) is 4.77. The Morgan fingerprint density at radius 2 is 1.95 bits per heavy atom. The molecule has 0 saturated heterocycles. The minimum atomic E-state index is -1.05. The van der Waals surface area contributed by atoms with E-state index in [0.717, 1.165) is 30.9 Å². The number of hydrogen-bond acceptors (Lipinski definition) is 2. The van der Waals surface area contributed by atoms with Crippen LogP contribution >= 0.6 is 0 Å². The Hall–Kier alpha value is -1.65. The Labute approximate surface area is 110 Å². The van der Waals surface area contributed by atoms with Gasteiger partial charge in [-0.3, -0.25) is 4.79 Å². The van der Waals surface area contributed by atoms with Gasteiger partial charge in [0, 0.05) is 18.3 Å². The number of carbonyl (C=O) groups is 1. The predicted molar refractivity (Wildman–Crippen MR) is 67.5 cm³/mol. The van der Waals surface area contributed by atoms with Crippen LogP contribution in [0.25, 0.3) is 0 Å². The molecule has 0 heterocycles. The summed E-state index contributed by atoms with van der Waals surface area (Å²) in [4.78, 5) is 12.0. The maximum Gasteiger partial charge on any atom is 0.253 e. The average Bonchev–Trinajstić information content (AvgIpc) is 3.23. The number of anilines is 1. The fraction of sp³-hybridized carbons (Fsp3) is 0.500. The summed E-state index contributed by atoms with van der Waals surface area (Å²) < 4.78 is 26.1. The molecule has 19 heavy (non-hydrogen) atoms. The highest BCUT2D eigenvalue weighted by Gasteiger charge is 2.53. The van der Waals surface area contributed by atoms with E-state index in [2.05, 4.69) is 5.32 Å². The molecule has 0 aliphatic heterocycles. The minimum absolute atomic E-state index is 0.00509. The normalized spacial score (nSPS) is 20.1. The highest BCUT2D eigenvalue weighted by molar-refractivity contribution is 5.99. The van der Waals surface area contributed by atoms with Crippen LogP contribution < -0.4 is 11.1 Å². The Morgan fingerprint density at radius 1 is 1.32 bits per heavy atom. The molecule has 1 aromatic rings. The van der Waals surface area contributed by atoms with Crippen LogP contribution in [0.2, 0.25) is 0 Å². The average molecular weight is 266 g/mol. The minimum Gasteiger partial charge on any atom is -0.398 e. The van der Waals surface area contributed by atoms with Crippen LogP contribution in [-0.2, 0) is 0 Å². The third kappa shape index (κ3) is 2.29. The number of hydrogen-bond donors (Lipinski definition) is 2. The Bertz CT molecular complexity index is 536. The molecule has 0 bridgehead atoms. The Kier molecular flexibility index (Phi) is 2.73. The lowest BCUT2D eigenvalue weighted by Gasteiger charge is -2.15. The van der Waals surface area contributed by atoms with Gasteiger partial charge in [0.05, 0.1) is 5.56 Å². The summed E-state index contributed by atoms with van der Waals surface area (Å²) in [7, 11) is 0. The summed E-state index contributed by atoms with van der Waals surface area (Å²) >= 11 is 0. The van der Waals surface area contributed by atoms with Crippen LogP contribution in [0, 0.1) is 23.0 Å². The monoisotopic (exact) mass is 266 g/mol. The molecule has 0 radical (unpaired) electrons. The van der Waals surface area contributed by atoms with Gasteiger partial charge in [0.25, 0.3) is 5.91 Å². The SMILES string of the molecule is Nc1cc(F)c(F)cc1C(=O)NCC1(C2CC2)CC1. The van der Waals surface area contributed by atoms with Gasteiger partial charge in [0.1, 0.15) is 0 Å².